The molecule has 82 valence electrons. The zero-order valence-corrected chi connectivity index (χ0v) is 9.14. The summed E-state index contributed by atoms with van der Waals surface area (Å²) in [5.41, 5.74) is 1.69. The van der Waals surface area contributed by atoms with E-state index in [0.29, 0.717) is 18.6 Å². The number of nitrogens with zero attached hydrogens (tertiary/aromatic N) is 1. The number of allylic oxidation sites excluding steroid dienone is 1. The van der Waals surface area contributed by atoms with Crippen LogP contribution in [0, 0.1) is 11.3 Å². The highest BCUT2D eigenvalue weighted by atomic mass is 16.5. The summed E-state index contributed by atoms with van der Waals surface area (Å²) in [5.74, 6) is -0.323. The Morgan fingerprint density at radius 1 is 1.44 bits per heavy atom. The number of nitriles is 1. The minimum atomic E-state index is -0.323. The van der Waals surface area contributed by atoms with Crippen LogP contribution in [-0.4, -0.2) is 12.6 Å². The molecule has 0 spiro atoms. The van der Waals surface area contributed by atoms with Crippen molar-refractivity contribution in [2.24, 2.45) is 0 Å². The van der Waals surface area contributed by atoms with Gasteiger partial charge < -0.3 is 4.74 Å². The summed E-state index contributed by atoms with van der Waals surface area (Å²) in [5, 5.41) is 8.61. The van der Waals surface area contributed by atoms with Crippen molar-refractivity contribution in [2.45, 2.75) is 13.3 Å². The van der Waals surface area contributed by atoms with E-state index in [1.54, 1.807) is 25.1 Å². The van der Waals surface area contributed by atoms with Crippen molar-refractivity contribution in [1.29, 1.82) is 5.26 Å². The Morgan fingerprint density at radius 3 is 2.69 bits per heavy atom. The number of carbonyl (C=O) groups excluding carboxylic acids is 1. The van der Waals surface area contributed by atoms with Gasteiger partial charge in [-0.1, -0.05) is 18.2 Å². The average molecular weight is 215 g/mol. The molecule has 0 bridgehead atoms. The van der Waals surface area contributed by atoms with E-state index in [0.717, 1.165) is 5.56 Å². The maximum absolute atomic E-state index is 11.0. The normalized spacial score (nSPS) is 10.0. The predicted molar refractivity (Wildman–Crippen MR) is 60.6 cm³/mol. The van der Waals surface area contributed by atoms with Crippen LogP contribution in [0.1, 0.15) is 18.1 Å². The Kier molecular flexibility index (Phi) is 4.81. The summed E-state index contributed by atoms with van der Waals surface area (Å²) in [4.78, 5) is 11.0. The maximum Gasteiger partial charge on any atom is 0.330 e. The molecule has 0 heterocycles. The first kappa shape index (κ1) is 12.0. The molecule has 0 saturated heterocycles. The molecule has 16 heavy (non-hydrogen) atoms. The average Bonchev–Trinajstić information content (AvgIpc) is 2.30. The quantitative estimate of drug-likeness (QED) is 0.571. The van der Waals surface area contributed by atoms with E-state index in [4.69, 9.17) is 10.00 Å². The van der Waals surface area contributed by atoms with Gasteiger partial charge >= 0.3 is 5.97 Å². The molecule has 1 aromatic carbocycles. The summed E-state index contributed by atoms with van der Waals surface area (Å²) in [6, 6.07) is 9.31. The fourth-order valence-electron chi connectivity index (χ4n) is 1.20. The van der Waals surface area contributed by atoms with E-state index in [9.17, 15) is 4.79 Å². The predicted octanol–water partition coefficient (Wildman–Crippen LogP) is 2.22. The van der Waals surface area contributed by atoms with Crippen molar-refractivity contribution in [3.8, 4) is 6.07 Å². The van der Waals surface area contributed by atoms with E-state index in [2.05, 4.69) is 6.07 Å². The zero-order valence-electron chi connectivity index (χ0n) is 9.14. The number of rotatable bonds is 4. The largest absolute Gasteiger partial charge is 0.463 e. The van der Waals surface area contributed by atoms with E-state index < -0.39 is 0 Å². The Labute approximate surface area is 95.0 Å². The molecule has 0 amide bonds. The molecule has 3 heteroatoms. The summed E-state index contributed by atoms with van der Waals surface area (Å²) >= 11 is 0. The molecular weight excluding hydrogens is 202 g/mol. The fourth-order valence-corrected chi connectivity index (χ4v) is 1.20. The van der Waals surface area contributed by atoms with Gasteiger partial charge in [0.25, 0.3) is 0 Å². The van der Waals surface area contributed by atoms with Gasteiger partial charge in [-0.25, -0.2) is 4.79 Å². The first-order chi connectivity index (χ1) is 7.76. The fraction of sp³-hybridized carbons (Fsp3) is 0.231. The highest BCUT2D eigenvalue weighted by molar-refractivity contribution is 5.81. The van der Waals surface area contributed by atoms with E-state index in [-0.39, 0.29) is 5.97 Å². The van der Waals surface area contributed by atoms with Gasteiger partial charge in [0.1, 0.15) is 0 Å². The van der Waals surface area contributed by atoms with Crippen LogP contribution in [0.3, 0.4) is 0 Å². The van der Waals surface area contributed by atoms with Crippen molar-refractivity contribution in [3.05, 3.63) is 47.5 Å². The minimum absolute atomic E-state index is 0.323. The van der Waals surface area contributed by atoms with Crippen LogP contribution >= 0.6 is 0 Å². The van der Waals surface area contributed by atoms with Gasteiger partial charge in [-0.15, -0.1) is 0 Å². The van der Waals surface area contributed by atoms with E-state index in [1.807, 2.05) is 12.1 Å². The van der Waals surface area contributed by atoms with E-state index in [1.165, 1.54) is 6.08 Å². The third-order valence-electron chi connectivity index (χ3n) is 1.98. The first-order valence-corrected chi connectivity index (χ1v) is 5.08. The van der Waals surface area contributed by atoms with Crippen LogP contribution in [0.15, 0.2) is 36.4 Å². The Hall–Kier alpha value is -2.08. The standard InChI is InChI=1S/C13H13NO2/c1-2-16-13(15)5-3-4-11-6-8-12(10-14)9-7-11/h3,5-9H,2,4H2,1H3. The second kappa shape index (κ2) is 6.41. The van der Waals surface area contributed by atoms with Crippen LogP contribution < -0.4 is 0 Å². The smallest absolute Gasteiger partial charge is 0.330 e. The van der Waals surface area contributed by atoms with Gasteiger partial charge in [0, 0.05) is 6.08 Å². The third kappa shape index (κ3) is 3.97. The number of carbonyl (C=O) groups is 1. The molecule has 0 atom stereocenters. The van der Waals surface area contributed by atoms with Crippen molar-refractivity contribution in [1.82, 2.24) is 0 Å². The lowest BCUT2D eigenvalue weighted by atomic mass is 10.1. The van der Waals surface area contributed by atoms with E-state index >= 15 is 0 Å². The van der Waals surface area contributed by atoms with Gasteiger partial charge in [-0.2, -0.15) is 5.26 Å². The zero-order chi connectivity index (χ0) is 11.8. The molecule has 3 nitrogen and oxygen atoms in total. The molecule has 0 unspecified atom stereocenters. The molecule has 0 radical (unpaired) electrons. The van der Waals surface area contributed by atoms with Crippen LogP contribution in [-0.2, 0) is 16.0 Å². The lowest BCUT2D eigenvalue weighted by Gasteiger charge is -1.96. The molecule has 0 aliphatic heterocycles. The Morgan fingerprint density at radius 2 is 2.12 bits per heavy atom. The van der Waals surface area contributed by atoms with Crippen molar-refractivity contribution >= 4 is 5.97 Å². The molecule has 0 N–H and O–H groups in total. The van der Waals surface area contributed by atoms with Crippen LogP contribution in [0.25, 0.3) is 0 Å². The number of esters is 1. The van der Waals surface area contributed by atoms with Gasteiger partial charge in [-0.3, -0.25) is 0 Å². The van der Waals surface area contributed by atoms with Crippen LogP contribution in [0.4, 0.5) is 0 Å². The molecule has 0 fully saturated rings. The molecule has 0 aromatic heterocycles. The number of hydrogen-bond donors (Lipinski definition) is 0. The molecule has 1 rings (SSSR count). The molecular formula is C13H13NO2. The highest BCUT2D eigenvalue weighted by Gasteiger charge is 1.94. The summed E-state index contributed by atoms with van der Waals surface area (Å²) in [6.07, 6.45) is 3.83. The molecule has 1 aromatic rings. The van der Waals surface area contributed by atoms with Crippen molar-refractivity contribution in [3.63, 3.8) is 0 Å². The summed E-state index contributed by atoms with van der Waals surface area (Å²) < 4.78 is 4.75. The van der Waals surface area contributed by atoms with Crippen LogP contribution in [0.5, 0.6) is 0 Å². The number of benzene rings is 1. The number of ether oxygens (including phenoxy) is 1. The SMILES string of the molecule is CCOC(=O)C=CCc1ccc(C#N)cc1. The Balaban J connectivity index is 2.49. The summed E-state index contributed by atoms with van der Waals surface area (Å²) in [7, 11) is 0. The lowest BCUT2D eigenvalue weighted by molar-refractivity contribution is -0.137. The molecule has 0 saturated carbocycles. The van der Waals surface area contributed by atoms with Gasteiger partial charge in [0.05, 0.1) is 18.2 Å². The monoisotopic (exact) mass is 215 g/mol. The third-order valence-corrected chi connectivity index (χ3v) is 1.98. The topological polar surface area (TPSA) is 50.1 Å². The molecule has 0 aliphatic rings. The number of hydrogen-bond acceptors (Lipinski definition) is 3. The highest BCUT2D eigenvalue weighted by Crippen LogP contribution is 2.04. The molecule has 0 aliphatic carbocycles. The second-order valence-electron chi connectivity index (χ2n) is 3.17. The van der Waals surface area contributed by atoms with Crippen LogP contribution in [0.2, 0.25) is 0 Å². The van der Waals surface area contributed by atoms with Gasteiger partial charge in [0.2, 0.25) is 0 Å². The lowest BCUT2D eigenvalue weighted by Crippen LogP contribution is -1.99. The Bertz CT molecular complexity index is 413. The second-order valence-corrected chi connectivity index (χ2v) is 3.17. The first-order valence-electron chi connectivity index (χ1n) is 5.08. The minimum Gasteiger partial charge on any atom is -0.463 e. The van der Waals surface area contributed by atoms with Crippen molar-refractivity contribution in [2.75, 3.05) is 6.61 Å². The van der Waals surface area contributed by atoms with Gasteiger partial charge in [-0.05, 0) is 31.0 Å². The maximum atomic E-state index is 11.0. The van der Waals surface area contributed by atoms with Gasteiger partial charge in [0.15, 0.2) is 0 Å². The van der Waals surface area contributed by atoms with Crippen molar-refractivity contribution < 1.29 is 9.53 Å². The summed E-state index contributed by atoms with van der Waals surface area (Å²) in [6.45, 7) is 2.16.